The topological polar surface area (TPSA) is 41.1 Å². The molecule has 1 aliphatic rings. The van der Waals surface area contributed by atoms with Gasteiger partial charge in [0.2, 0.25) is 5.91 Å². The van der Waals surface area contributed by atoms with Crippen molar-refractivity contribution in [1.82, 2.24) is 0 Å². The van der Waals surface area contributed by atoms with Gasteiger partial charge in [-0.1, -0.05) is 6.07 Å². The molecule has 1 amide bonds. The number of thiophene rings is 1. The largest absolute Gasteiger partial charge is 0.378 e. The van der Waals surface area contributed by atoms with Gasteiger partial charge in [0.15, 0.2) is 0 Å². The number of benzene rings is 1. The molecule has 2 aromatic rings. The molecule has 0 radical (unpaired) electrons. The van der Waals surface area contributed by atoms with Gasteiger partial charge in [-0.3, -0.25) is 4.79 Å². The first-order chi connectivity index (χ1) is 10.1. The maximum absolute atomic E-state index is 11.8. The van der Waals surface area contributed by atoms with Gasteiger partial charge in [0.05, 0.1) is 9.83 Å². The summed E-state index contributed by atoms with van der Waals surface area (Å²) in [5, 5.41) is 6.45. The maximum Gasteiger partial charge on any atom is 0.227 e. The van der Waals surface area contributed by atoms with Crippen LogP contribution in [0.1, 0.15) is 30.7 Å². The average Bonchev–Trinajstić information content (AvgIpc) is 3.21. The van der Waals surface area contributed by atoms with Crippen LogP contribution in [-0.2, 0) is 4.79 Å². The molecule has 1 aromatic carbocycles. The van der Waals surface area contributed by atoms with E-state index in [1.807, 2.05) is 24.3 Å². The molecule has 5 heteroatoms. The Hall–Kier alpha value is -1.33. The summed E-state index contributed by atoms with van der Waals surface area (Å²) in [6.45, 7) is 2.13. The summed E-state index contributed by atoms with van der Waals surface area (Å²) in [4.78, 5) is 13.1. The minimum Gasteiger partial charge on any atom is -0.378 e. The first kappa shape index (κ1) is 14.6. The Morgan fingerprint density at radius 2 is 2.05 bits per heavy atom. The smallest absolute Gasteiger partial charge is 0.227 e. The van der Waals surface area contributed by atoms with E-state index in [0.717, 1.165) is 28.0 Å². The Morgan fingerprint density at radius 3 is 2.71 bits per heavy atom. The number of carbonyl (C=O) groups is 1. The zero-order valence-corrected chi connectivity index (χ0v) is 14.1. The second-order valence-corrected chi connectivity index (χ2v) is 7.85. The number of rotatable bonds is 5. The Morgan fingerprint density at radius 1 is 1.29 bits per heavy atom. The summed E-state index contributed by atoms with van der Waals surface area (Å²) in [6, 6.07) is 12.3. The molecule has 0 spiro atoms. The molecule has 1 aliphatic carbocycles. The molecule has 1 unspecified atom stereocenters. The van der Waals surface area contributed by atoms with Crippen molar-refractivity contribution < 1.29 is 4.79 Å². The Kier molecular flexibility index (Phi) is 4.31. The lowest BCUT2D eigenvalue weighted by atomic mass is 10.2. The van der Waals surface area contributed by atoms with E-state index in [9.17, 15) is 4.79 Å². The third-order valence-corrected chi connectivity index (χ3v) is 5.29. The summed E-state index contributed by atoms with van der Waals surface area (Å²) in [5.74, 6) is 0.367. The van der Waals surface area contributed by atoms with Crippen molar-refractivity contribution in [3.63, 3.8) is 0 Å². The van der Waals surface area contributed by atoms with E-state index in [4.69, 9.17) is 0 Å². The lowest BCUT2D eigenvalue weighted by molar-refractivity contribution is -0.117. The van der Waals surface area contributed by atoms with Crippen molar-refractivity contribution in [1.29, 1.82) is 0 Å². The van der Waals surface area contributed by atoms with Crippen LogP contribution in [-0.4, -0.2) is 5.91 Å². The molecule has 0 aliphatic heterocycles. The van der Waals surface area contributed by atoms with Crippen LogP contribution >= 0.6 is 27.3 Å². The fraction of sp³-hybridized carbons (Fsp3) is 0.312. The van der Waals surface area contributed by atoms with Crippen LogP contribution < -0.4 is 10.6 Å². The van der Waals surface area contributed by atoms with Crippen LogP contribution in [0.25, 0.3) is 0 Å². The van der Waals surface area contributed by atoms with E-state index in [1.54, 1.807) is 11.3 Å². The quantitative estimate of drug-likeness (QED) is 0.780. The van der Waals surface area contributed by atoms with Crippen molar-refractivity contribution >= 4 is 44.5 Å². The van der Waals surface area contributed by atoms with Crippen LogP contribution in [0.15, 0.2) is 40.2 Å². The lowest BCUT2D eigenvalue weighted by Gasteiger charge is -2.15. The molecule has 3 rings (SSSR count). The summed E-state index contributed by atoms with van der Waals surface area (Å²) in [6.07, 6.45) is 2.04. The first-order valence-corrected chi connectivity index (χ1v) is 8.65. The summed E-state index contributed by atoms with van der Waals surface area (Å²) in [5.41, 5.74) is 1.87. The monoisotopic (exact) mass is 364 g/mol. The Labute approximate surface area is 136 Å². The second-order valence-electron chi connectivity index (χ2n) is 5.35. The summed E-state index contributed by atoms with van der Waals surface area (Å²) >= 11 is 5.21. The molecule has 1 aromatic heterocycles. The fourth-order valence-corrected chi connectivity index (χ4v) is 3.58. The van der Waals surface area contributed by atoms with Gasteiger partial charge in [-0.15, -0.1) is 11.3 Å². The Balaban J connectivity index is 1.66. The molecule has 1 saturated carbocycles. The standard InChI is InChI=1S/C16H17BrN2OS/c1-10(14-7-8-15(17)21-14)18-12-3-2-4-13(9-12)19-16(20)11-5-6-11/h2-4,7-11,18H,5-6H2,1H3,(H,19,20). The normalized spacial score (nSPS) is 15.5. The Bertz CT molecular complexity index is 651. The van der Waals surface area contributed by atoms with Crippen LogP contribution in [0.4, 0.5) is 11.4 Å². The minimum absolute atomic E-state index is 0.141. The van der Waals surface area contributed by atoms with Gasteiger partial charge in [0, 0.05) is 22.2 Å². The van der Waals surface area contributed by atoms with E-state index < -0.39 is 0 Å². The number of hydrogen-bond acceptors (Lipinski definition) is 3. The van der Waals surface area contributed by atoms with Gasteiger partial charge in [-0.2, -0.15) is 0 Å². The molecule has 21 heavy (non-hydrogen) atoms. The van der Waals surface area contributed by atoms with Gasteiger partial charge in [-0.05, 0) is 66.0 Å². The predicted octanol–water partition coefficient (Wildman–Crippen LogP) is 5.03. The highest BCUT2D eigenvalue weighted by Crippen LogP contribution is 2.31. The molecule has 1 fully saturated rings. The highest BCUT2D eigenvalue weighted by Gasteiger charge is 2.29. The number of halogens is 1. The first-order valence-electron chi connectivity index (χ1n) is 7.04. The van der Waals surface area contributed by atoms with Crippen LogP contribution in [0, 0.1) is 5.92 Å². The fourth-order valence-electron chi connectivity index (χ4n) is 2.16. The molecule has 1 heterocycles. The number of carbonyl (C=O) groups excluding carboxylic acids is 1. The van der Waals surface area contributed by atoms with Crippen molar-refractivity contribution in [2.24, 2.45) is 5.92 Å². The van der Waals surface area contributed by atoms with Crippen LogP contribution in [0.3, 0.4) is 0 Å². The molecular formula is C16H17BrN2OS. The molecule has 110 valence electrons. The zero-order chi connectivity index (χ0) is 14.8. The molecule has 3 nitrogen and oxygen atoms in total. The molecule has 0 saturated heterocycles. The third kappa shape index (κ3) is 3.86. The maximum atomic E-state index is 11.8. The van der Waals surface area contributed by atoms with E-state index in [0.29, 0.717) is 0 Å². The van der Waals surface area contributed by atoms with Gasteiger partial charge < -0.3 is 10.6 Å². The van der Waals surface area contributed by atoms with Crippen molar-refractivity contribution in [3.05, 3.63) is 45.1 Å². The van der Waals surface area contributed by atoms with Crippen molar-refractivity contribution in [2.45, 2.75) is 25.8 Å². The van der Waals surface area contributed by atoms with Crippen molar-refractivity contribution in [3.8, 4) is 0 Å². The SMILES string of the molecule is CC(Nc1cccc(NC(=O)C2CC2)c1)c1ccc(Br)s1. The molecular weight excluding hydrogens is 348 g/mol. The van der Waals surface area contributed by atoms with Gasteiger partial charge in [0.25, 0.3) is 0 Å². The predicted molar refractivity (Wildman–Crippen MR) is 91.9 cm³/mol. The van der Waals surface area contributed by atoms with E-state index in [-0.39, 0.29) is 17.9 Å². The lowest BCUT2D eigenvalue weighted by Crippen LogP contribution is -2.13. The molecule has 0 bridgehead atoms. The second kappa shape index (κ2) is 6.20. The minimum atomic E-state index is 0.141. The molecule has 2 N–H and O–H groups in total. The summed E-state index contributed by atoms with van der Waals surface area (Å²) < 4.78 is 1.14. The number of amides is 1. The van der Waals surface area contributed by atoms with E-state index >= 15 is 0 Å². The van der Waals surface area contributed by atoms with Gasteiger partial charge >= 0.3 is 0 Å². The van der Waals surface area contributed by atoms with E-state index in [2.05, 4.69) is 45.6 Å². The number of nitrogens with one attached hydrogen (secondary N) is 2. The highest BCUT2D eigenvalue weighted by molar-refractivity contribution is 9.11. The van der Waals surface area contributed by atoms with Gasteiger partial charge in [-0.25, -0.2) is 0 Å². The molecule has 1 atom stereocenters. The third-order valence-electron chi connectivity index (χ3n) is 3.48. The zero-order valence-electron chi connectivity index (χ0n) is 11.7. The summed E-state index contributed by atoms with van der Waals surface area (Å²) in [7, 11) is 0. The van der Waals surface area contributed by atoms with E-state index in [1.165, 1.54) is 4.88 Å². The average molecular weight is 365 g/mol. The number of hydrogen-bond donors (Lipinski definition) is 2. The van der Waals surface area contributed by atoms with Gasteiger partial charge in [0.1, 0.15) is 0 Å². The van der Waals surface area contributed by atoms with Crippen molar-refractivity contribution in [2.75, 3.05) is 10.6 Å². The number of anilines is 2. The highest BCUT2D eigenvalue weighted by atomic mass is 79.9. The van der Waals surface area contributed by atoms with Crippen LogP contribution in [0.2, 0.25) is 0 Å². The van der Waals surface area contributed by atoms with Crippen LogP contribution in [0.5, 0.6) is 0 Å².